The van der Waals surface area contributed by atoms with Gasteiger partial charge in [0.15, 0.2) is 5.82 Å². The zero-order valence-corrected chi connectivity index (χ0v) is 14.5. The minimum Gasteiger partial charge on any atom is -0.469 e. The van der Waals surface area contributed by atoms with Gasteiger partial charge in [0.05, 0.1) is 10.9 Å². The second-order valence-electron chi connectivity index (χ2n) is 5.04. The lowest BCUT2D eigenvalue weighted by Gasteiger charge is -2.18. The minimum atomic E-state index is -1.71. The van der Waals surface area contributed by atoms with E-state index in [-0.39, 0.29) is 11.9 Å². The third kappa shape index (κ3) is 3.69. The Morgan fingerprint density at radius 1 is 0.913 bits per heavy atom. The molecule has 0 aliphatic carbocycles. The van der Waals surface area contributed by atoms with Gasteiger partial charge in [-0.05, 0) is 24.6 Å². The van der Waals surface area contributed by atoms with Gasteiger partial charge in [-0.25, -0.2) is 4.98 Å². The van der Waals surface area contributed by atoms with E-state index in [0.29, 0.717) is 11.4 Å². The van der Waals surface area contributed by atoms with Crippen molar-refractivity contribution in [1.82, 2.24) is 9.97 Å². The van der Waals surface area contributed by atoms with Crippen LogP contribution in [-0.4, -0.2) is 9.97 Å². The fraction of sp³-hybridized carbons (Fsp3) is 0.176. The highest BCUT2D eigenvalue weighted by Gasteiger charge is 2.28. The van der Waals surface area contributed by atoms with Gasteiger partial charge < -0.3 is 4.74 Å². The van der Waals surface area contributed by atoms with Crippen molar-refractivity contribution >= 4 is 45.7 Å². The summed E-state index contributed by atoms with van der Waals surface area (Å²) in [7, 11) is 0. The zero-order valence-electron chi connectivity index (χ0n) is 12.2. The van der Waals surface area contributed by atoms with Gasteiger partial charge in [-0.15, -0.1) is 0 Å². The second-order valence-corrected chi connectivity index (χ2v) is 7.32. The quantitative estimate of drug-likeness (QED) is 0.565. The minimum absolute atomic E-state index is 0.0939. The number of hydrogen-bond acceptors (Lipinski definition) is 3. The Kier molecular flexibility index (Phi) is 4.62. The van der Waals surface area contributed by atoms with Crippen LogP contribution in [0.25, 0.3) is 10.9 Å². The van der Waals surface area contributed by atoms with Crippen LogP contribution in [-0.2, 0) is 3.79 Å². The lowest BCUT2D eigenvalue weighted by Crippen LogP contribution is -2.11. The summed E-state index contributed by atoms with van der Waals surface area (Å²) in [6.07, 6.45) is -0.197. The summed E-state index contributed by atoms with van der Waals surface area (Å²) in [5.41, 5.74) is 1.70. The van der Waals surface area contributed by atoms with Gasteiger partial charge in [0.1, 0.15) is 6.10 Å². The summed E-state index contributed by atoms with van der Waals surface area (Å²) in [6.45, 7) is 1.95. The molecule has 0 aliphatic heterocycles. The van der Waals surface area contributed by atoms with Gasteiger partial charge >= 0.3 is 0 Å². The average Bonchev–Trinajstić information content (AvgIpc) is 2.54. The zero-order chi connectivity index (χ0) is 16.4. The normalized spacial score (nSPS) is 13.0. The van der Waals surface area contributed by atoms with Crippen molar-refractivity contribution in [3.05, 3.63) is 66.0 Å². The summed E-state index contributed by atoms with van der Waals surface area (Å²) in [5, 5.41) is 0.772. The van der Waals surface area contributed by atoms with Crippen molar-refractivity contribution in [2.24, 2.45) is 0 Å². The van der Waals surface area contributed by atoms with Crippen LogP contribution in [0.5, 0.6) is 5.88 Å². The molecule has 0 N–H and O–H groups in total. The second kappa shape index (κ2) is 6.52. The Bertz CT molecular complexity index is 819. The molecular weight excluding hydrogens is 355 g/mol. The van der Waals surface area contributed by atoms with Crippen LogP contribution in [0.2, 0.25) is 0 Å². The van der Waals surface area contributed by atoms with Crippen molar-refractivity contribution in [2.45, 2.75) is 16.8 Å². The summed E-state index contributed by atoms with van der Waals surface area (Å²) in [5.74, 6) is 0.490. The smallest absolute Gasteiger partial charge is 0.250 e. The van der Waals surface area contributed by atoms with Crippen LogP contribution in [0.15, 0.2) is 54.6 Å². The molecule has 3 nitrogen and oxygen atoms in total. The van der Waals surface area contributed by atoms with Crippen molar-refractivity contribution < 1.29 is 4.74 Å². The third-order valence-corrected chi connectivity index (χ3v) is 3.89. The number of rotatable bonds is 3. The number of aromatic nitrogens is 2. The predicted molar refractivity (Wildman–Crippen MR) is 94.3 cm³/mol. The number of halogens is 3. The number of alkyl halides is 3. The molecule has 6 heteroatoms. The number of hydrogen-bond donors (Lipinski definition) is 0. The van der Waals surface area contributed by atoms with Crippen LogP contribution in [0.1, 0.15) is 24.4 Å². The fourth-order valence-electron chi connectivity index (χ4n) is 2.22. The van der Waals surface area contributed by atoms with Crippen LogP contribution < -0.4 is 4.74 Å². The van der Waals surface area contributed by atoms with E-state index in [9.17, 15) is 0 Å². The molecule has 1 unspecified atom stereocenters. The maximum Gasteiger partial charge on any atom is 0.250 e. The molecule has 3 rings (SSSR count). The van der Waals surface area contributed by atoms with Gasteiger partial charge in [0.2, 0.25) is 9.67 Å². The Morgan fingerprint density at radius 3 is 2.26 bits per heavy atom. The van der Waals surface area contributed by atoms with Gasteiger partial charge in [0, 0.05) is 0 Å². The van der Waals surface area contributed by atoms with Crippen LogP contribution >= 0.6 is 34.8 Å². The maximum atomic E-state index is 6.02. The van der Waals surface area contributed by atoms with E-state index in [1.165, 1.54) is 0 Å². The molecule has 3 aromatic rings. The number of nitrogens with zero attached hydrogens (tertiary/aromatic N) is 2. The molecule has 0 aliphatic rings. The molecule has 118 valence electrons. The SMILES string of the molecule is CC(Oc1nc(C(Cl)(Cl)Cl)nc2ccccc12)c1ccccc1. The van der Waals surface area contributed by atoms with Crippen molar-refractivity contribution in [1.29, 1.82) is 0 Å². The van der Waals surface area contributed by atoms with Crippen molar-refractivity contribution in [3.63, 3.8) is 0 Å². The largest absolute Gasteiger partial charge is 0.469 e. The topological polar surface area (TPSA) is 35.0 Å². The molecule has 0 fully saturated rings. The van der Waals surface area contributed by atoms with E-state index in [4.69, 9.17) is 39.5 Å². The Balaban J connectivity index is 2.05. The molecule has 1 aromatic heterocycles. The van der Waals surface area contributed by atoms with E-state index >= 15 is 0 Å². The molecule has 23 heavy (non-hydrogen) atoms. The highest BCUT2D eigenvalue weighted by molar-refractivity contribution is 6.66. The Morgan fingerprint density at radius 2 is 1.57 bits per heavy atom. The molecular formula is C17H13Cl3N2O. The fourth-order valence-corrected chi connectivity index (χ4v) is 2.48. The Labute approximate surface area is 149 Å². The van der Waals surface area contributed by atoms with E-state index in [0.717, 1.165) is 10.9 Å². The maximum absolute atomic E-state index is 6.02. The first-order chi connectivity index (χ1) is 10.9. The first-order valence-corrected chi connectivity index (χ1v) is 8.14. The molecule has 0 bridgehead atoms. The summed E-state index contributed by atoms with van der Waals surface area (Å²) >= 11 is 17.8. The predicted octanol–water partition coefficient (Wildman–Crippen LogP) is 5.60. The van der Waals surface area contributed by atoms with Crippen LogP contribution in [0.3, 0.4) is 0 Å². The molecule has 1 heterocycles. The molecule has 0 spiro atoms. The van der Waals surface area contributed by atoms with E-state index in [1.807, 2.05) is 61.5 Å². The summed E-state index contributed by atoms with van der Waals surface area (Å²) < 4.78 is 4.31. The molecule has 0 saturated carbocycles. The number of benzene rings is 2. The van der Waals surface area contributed by atoms with Crippen LogP contribution in [0, 0.1) is 0 Å². The van der Waals surface area contributed by atoms with Gasteiger partial charge in [-0.1, -0.05) is 77.3 Å². The van der Waals surface area contributed by atoms with E-state index in [1.54, 1.807) is 0 Å². The van der Waals surface area contributed by atoms with Crippen LogP contribution in [0.4, 0.5) is 0 Å². The van der Waals surface area contributed by atoms with Crippen molar-refractivity contribution in [3.8, 4) is 5.88 Å². The van der Waals surface area contributed by atoms with Gasteiger partial charge in [-0.3, -0.25) is 0 Å². The molecule has 2 aromatic carbocycles. The highest BCUT2D eigenvalue weighted by Crippen LogP contribution is 2.38. The monoisotopic (exact) mass is 366 g/mol. The van der Waals surface area contributed by atoms with E-state index < -0.39 is 3.79 Å². The van der Waals surface area contributed by atoms with Crippen molar-refractivity contribution in [2.75, 3.05) is 0 Å². The molecule has 0 amide bonds. The number of ether oxygens (including phenoxy) is 1. The number of para-hydroxylation sites is 1. The summed E-state index contributed by atoms with van der Waals surface area (Å²) in [4.78, 5) is 8.61. The highest BCUT2D eigenvalue weighted by atomic mass is 35.6. The lowest BCUT2D eigenvalue weighted by molar-refractivity contribution is 0.220. The third-order valence-electron chi connectivity index (χ3n) is 3.38. The standard InChI is InChI=1S/C17H13Cl3N2O/c1-11(12-7-3-2-4-8-12)23-15-13-9-5-6-10-14(13)21-16(22-15)17(18,19)20/h2-11H,1H3. The van der Waals surface area contributed by atoms with Gasteiger partial charge in [0.25, 0.3) is 0 Å². The molecule has 0 saturated heterocycles. The number of fused-ring (bicyclic) bond motifs is 1. The first-order valence-electron chi connectivity index (χ1n) is 7.01. The van der Waals surface area contributed by atoms with Gasteiger partial charge in [-0.2, -0.15) is 4.98 Å². The molecule has 0 radical (unpaired) electrons. The average molecular weight is 368 g/mol. The summed E-state index contributed by atoms with van der Waals surface area (Å²) in [6, 6.07) is 17.3. The first kappa shape index (κ1) is 16.3. The molecule has 1 atom stereocenters. The Hall–Kier alpha value is -1.55. The lowest BCUT2D eigenvalue weighted by atomic mass is 10.1. The van der Waals surface area contributed by atoms with E-state index in [2.05, 4.69) is 9.97 Å².